The van der Waals surface area contributed by atoms with E-state index in [1.165, 1.54) is 33.6 Å². The Hall–Kier alpha value is -4.37. The number of likely N-dealkylation sites (N-methyl/N-ethyl adjacent to an activating group) is 1. The molecule has 0 saturated carbocycles. The summed E-state index contributed by atoms with van der Waals surface area (Å²) < 4.78 is 22.3. The van der Waals surface area contributed by atoms with Crippen LogP contribution in [-0.2, 0) is 19.0 Å². The second kappa shape index (κ2) is 17.9. The van der Waals surface area contributed by atoms with Crippen LogP contribution >= 0.6 is 0 Å². The van der Waals surface area contributed by atoms with E-state index in [4.69, 9.17) is 24.7 Å². The molecule has 2 aliphatic rings. The monoisotopic (exact) mass is 685 g/mol. The van der Waals surface area contributed by atoms with Crippen molar-refractivity contribution in [3.05, 3.63) is 52.2 Å². The van der Waals surface area contributed by atoms with Gasteiger partial charge in [0.15, 0.2) is 23.4 Å². The number of carbonyl (C=O) groups is 2. The average molecular weight is 686 g/mol. The van der Waals surface area contributed by atoms with Crippen molar-refractivity contribution in [2.24, 2.45) is 16.8 Å². The number of nitrogens with one attached hydrogen (secondary N) is 1. The first-order valence-electron chi connectivity index (χ1n) is 16.1. The molecule has 0 unspecified atom stereocenters. The second-order valence-corrected chi connectivity index (χ2v) is 12.4. The maximum Gasteiger partial charge on any atom is 0.405 e. The number of amides is 2. The van der Waals surface area contributed by atoms with Crippen LogP contribution in [0.25, 0.3) is 6.08 Å². The van der Waals surface area contributed by atoms with Gasteiger partial charge in [0.2, 0.25) is 0 Å². The first kappa shape index (κ1) is 39.1. The number of phenols is 2. The number of hydrogen-bond acceptors (Lipinski definition) is 12. The third kappa shape index (κ3) is 10.1. The van der Waals surface area contributed by atoms with E-state index in [0.29, 0.717) is 24.2 Å². The number of allylic oxidation sites excluding steroid dienone is 2. The number of piperazine rings is 1. The maximum atomic E-state index is 13.5. The van der Waals surface area contributed by atoms with Gasteiger partial charge in [-0.3, -0.25) is 9.80 Å². The number of methoxy groups -OCH3 is 3. The molecule has 1 aromatic carbocycles. The topological polar surface area (TPSA) is 189 Å². The summed E-state index contributed by atoms with van der Waals surface area (Å²) in [5.74, 6) is -1.75. The van der Waals surface area contributed by atoms with Gasteiger partial charge in [-0.1, -0.05) is 36.8 Å². The highest BCUT2D eigenvalue weighted by Gasteiger charge is 2.30. The molecule has 49 heavy (non-hydrogen) atoms. The number of anilines is 1. The van der Waals surface area contributed by atoms with Crippen molar-refractivity contribution in [1.29, 1.82) is 0 Å². The van der Waals surface area contributed by atoms with E-state index in [1.54, 1.807) is 52.0 Å². The molecular weight excluding hydrogens is 634 g/mol. The number of hydrazone groups is 1. The van der Waals surface area contributed by atoms with Crippen molar-refractivity contribution in [3.63, 3.8) is 0 Å². The highest BCUT2D eigenvalue weighted by Crippen LogP contribution is 2.47. The Balaban J connectivity index is 2.23. The van der Waals surface area contributed by atoms with E-state index >= 15 is 0 Å². The highest BCUT2D eigenvalue weighted by molar-refractivity contribution is 6.09. The zero-order valence-corrected chi connectivity index (χ0v) is 29.6. The number of nitrogens with zero attached hydrogens (tertiary/aromatic N) is 3. The number of ether oxygens (including phenoxy) is 4. The molecule has 0 aromatic heterocycles. The zero-order valence-electron chi connectivity index (χ0n) is 29.6. The normalized spacial score (nSPS) is 25.0. The molecule has 1 saturated heterocycles. The molecule has 2 amide bonds. The SMILES string of the molecule is COc1c(O)c(C=NN2CCN(C)CC2)c2c(O)c1C=C(C)C[C@H](OC)[C@H](O)[C@@H](C)C=C(C)[C@H](OC(N)=O)[C@@H](OC)C=CC=C(C)C(=O)N2. The molecule has 0 spiro atoms. The minimum absolute atomic E-state index is 0.0247. The van der Waals surface area contributed by atoms with Crippen molar-refractivity contribution < 1.29 is 43.9 Å². The van der Waals surface area contributed by atoms with E-state index in [1.807, 2.05) is 12.1 Å². The Morgan fingerprint density at radius 2 is 1.76 bits per heavy atom. The van der Waals surface area contributed by atoms with Crippen LogP contribution in [0, 0.1) is 5.92 Å². The van der Waals surface area contributed by atoms with Gasteiger partial charge in [-0.05, 0) is 45.9 Å². The molecule has 5 atom stereocenters. The summed E-state index contributed by atoms with van der Waals surface area (Å²) in [5, 5.41) is 43.6. The number of primary amides is 1. The van der Waals surface area contributed by atoms with Gasteiger partial charge in [-0.2, -0.15) is 5.10 Å². The summed E-state index contributed by atoms with van der Waals surface area (Å²) in [6.45, 7) is 9.79. The number of hydrogen-bond donors (Lipinski definition) is 5. The average Bonchev–Trinajstić information content (AvgIpc) is 3.06. The Labute approximate surface area is 288 Å². The first-order valence-corrected chi connectivity index (χ1v) is 16.1. The summed E-state index contributed by atoms with van der Waals surface area (Å²) in [7, 11) is 6.30. The first-order chi connectivity index (χ1) is 23.2. The predicted octanol–water partition coefficient (Wildman–Crippen LogP) is 3.37. The number of carbonyl (C=O) groups excluding carboxylic acids is 2. The van der Waals surface area contributed by atoms with Crippen LogP contribution in [0.5, 0.6) is 17.2 Å². The number of nitrogens with two attached hydrogens (primary N) is 1. The minimum atomic E-state index is -1.01. The van der Waals surface area contributed by atoms with Gasteiger partial charge in [0.1, 0.15) is 6.10 Å². The standard InChI is InChI=1S/C35H51N5O9/c1-20-16-24-30(42)28(25(31(43)33(24)48-8)19-37-40-14-12-39(5)13-15-40)38-34(44)21(2)10-9-11-26(46-6)32(49-35(36)45)23(4)18-22(3)29(41)27(17-20)47-7/h9-11,16,18-19,22,26-27,29,32,41-43H,12-15,17H2,1-8H3,(H2,36,45)(H,38,44)/t22-,26-,27-,29+,32-/m0/s1. The molecule has 2 heterocycles. The zero-order chi connectivity index (χ0) is 36.4. The molecule has 2 bridgehead atoms. The lowest BCUT2D eigenvalue weighted by atomic mass is 9.91. The van der Waals surface area contributed by atoms with Crippen LogP contribution < -0.4 is 15.8 Å². The molecule has 270 valence electrons. The van der Waals surface area contributed by atoms with Gasteiger partial charge in [0, 0.05) is 51.9 Å². The smallest absolute Gasteiger partial charge is 0.405 e. The third-order valence-corrected chi connectivity index (χ3v) is 8.68. The molecule has 6 N–H and O–H groups in total. The third-order valence-electron chi connectivity index (χ3n) is 8.68. The summed E-state index contributed by atoms with van der Waals surface area (Å²) >= 11 is 0. The van der Waals surface area contributed by atoms with E-state index in [0.717, 1.165) is 13.1 Å². The van der Waals surface area contributed by atoms with Crippen LogP contribution in [0.3, 0.4) is 0 Å². The lowest BCUT2D eigenvalue weighted by Gasteiger charge is -2.30. The number of phenolic OH excluding ortho intramolecular Hbond substituents is 2. The minimum Gasteiger partial charge on any atom is -0.505 e. The van der Waals surface area contributed by atoms with Crippen molar-refractivity contribution in [1.82, 2.24) is 9.91 Å². The summed E-state index contributed by atoms with van der Waals surface area (Å²) in [5.41, 5.74) is 6.97. The number of rotatable bonds is 6. The second-order valence-electron chi connectivity index (χ2n) is 12.4. The maximum absolute atomic E-state index is 13.5. The van der Waals surface area contributed by atoms with E-state index < -0.39 is 42.3 Å². The quantitative estimate of drug-likeness (QED) is 0.128. The fourth-order valence-corrected chi connectivity index (χ4v) is 5.74. The molecule has 2 aliphatic heterocycles. The van der Waals surface area contributed by atoms with Gasteiger partial charge in [0.05, 0.1) is 42.3 Å². The fourth-order valence-electron chi connectivity index (χ4n) is 5.74. The van der Waals surface area contributed by atoms with E-state index in [9.17, 15) is 24.9 Å². The predicted molar refractivity (Wildman–Crippen MR) is 188 cm³/mol. The van der Waals surface area contributed by atoms with Crippen LogP contribution in [0.1, 0.15) is 45.2 Å². The number of aromatic hydroxyl groups is 2. The number of benzene rings is 1. The Kier molecular flexibility index (Phi) is 14.2. The van der Waals surface area contributed by atoms with Crippen LogP contribution in [0.15, 0.2) is 46.1 Å². The van der Waals surface area contributed by atoms with Crippen molar-refractivity contribution in [2.75, 3.05) is 59.9 Å². The van der Waals surface area contributed by atoms with E-state index in [-0.39, 0.29) is 46.1 Å². The molecule has 1 fully saturated rings. The van der Waals surface area contributed by atoms with Crippen molar-refractivity contribution >= 4 is 30.0 Å². The van der Waals surface area contributed by atoms with Gasteiger partial charge >= 0.3 is 6.09 Å². The van der Waals surface area contributed by atoms with Gasteiger partial charge < -0.3 is 50.2 Å². The fraction of sp³-hybridized carbons (Fsp3) is 0.514. The summed E-state index contributed by atoms with van der Waals surface area (Å²) in [6, 6.07) is 0. The number of aliphatic hydroxyl groups excluding tert-OH is 1. The lowest BCUT2D eigenvalue weighted by Crippen LogP contribution is -2.41. The molecule has 3 rings (SSSR count). The van der Waals surface area contributed by atoms with Crippen LogP contribution in [0.2, 0.25) is 0 Å². The Bertz CT molecular complexity index is 1490. The van der Waals surface area contributed by atoms with Crippen molar-refractivity contribution in [2.45, 2.75) is 58.5 Å². The highest BCUT2D eigenvalue weighted by atomic mass is 16.6. The van der Waals surface area contributed by atoms with Crippen LogP contribution in [-0.4, -0.2) is 122 Å². The molecular formula is C35H51N5O9. The van der Waals surface area contributed by atoms with E-state index in [2.05, 4.69) is 15.3 Å². The molecule has 14 nitrogen and oxygen atoms in total. The van der Waals surface area contributed by atoms with Gasteiger partial charge in [0.25, 0.3) is 5.91 Å². The van der Waals surface area contributed by atoms with Crippen LogP contribution in [0.4, 0.5) is 10.5 Å². The lowest BCUT2D eigenvalue weighted by molar-refractivity contribution is -0.112. The molecule has 0 aliphatic carbocycles. The Morgan fingerprint density at radius 3 is 2.35 bits per heavy atom. The van der Waals surface area contributed by atoms with Crippen molar-refractivity contribution in [3.8, 4) is 17.2 Å². The number of fused-ring (bicyclic) bond motifs is 2. The Morgan fingerprint density at radius 1 is 1.08 bits per heavy atom. The molecule has 0 radical (unpaired) electrons. The summed E-state index contributed by atoms with van der Waals surface area (Å²) in [4.78, 5) is 27.5. The summed E-state index contributed by atoms with van der Waals surface area (Å²) in [6.07, 6.45) is 5.23. The molecule has 1 aromatic rings. The largest absolute Gasteiger partial charge is 0.505 e. The van der Waals surface area contributed by atoms with Gasteiger partial charge in [-0.25, -0.2) is 4.79 Å². The number of aliphatic hydroxyl groups is 1. The van der Waals surface area contributed by atoms with Gasteiger partial charge in [-0.15, -0.1) is 0 Å². The molecule has 14 heteroatoms.